The molecule has 23 heavy (non-hydrogen) atoms. The molecule has 1 atom stereocenters. The first-order valence-corrected chi connectivity index (χ1v) is 7.71. The van der Waals surface area contributed by atoms with Crippen LogP contribution in [0.1, 0.15) is 34.1 Å². The molecule has 0 saturated heterocycles. The van der Waals surface area contributed by atoms with Crippen LogP contribution in [0, 0.1) is 5.41 Å². The fraction of sp³-hybridized carbons (Fsp3) is 0.412. The predicted molar refractivity (Wildman–Crippen MR) is 90.7 cm³/mol. The first-order chi connectivity index (χ1) is 10.8. The Morgan fingerprint density at radius 2 is 1.91 bits per heavy atom. The van der Waals surface area contributed by atoms with Crippen LogP contribution in [0.2, 0.25) is 0 Å². The van der Waals surface area contributed by atoms with Crippen LogP contribution in [0.15, 0.2) is 42.7 Å². The van der Waals surface area contributed by atoms with Crippen molar-refractivity contribution < 1.29 is 9.53 Å². The number of benzene rings is 1. The molecule has 1 aliphatic rings. The highest BCUT2D eigenvalue weighted by molar-refractivity contribution is 6.37. The van der Waals surface area contributed by atoms with E-state index in [0.717, 1.165) is 5.69 Å². The Balaban J connectivity index is 2.04. The normalized spacial score (nSPS) is 15.7. The minimum Gasteiger partial charge on any atom is -0.455 e. The van der Waals surface area contributed by atoms with Gasteiger partial charge in [0.1, 0.15) is 11.3 Å². The summed E-state index contributed by atoms with van der Waals surface area (Å²) in [5.74, 6) is -0.585. The highest BCUT2D eigenvalue weighted by Gasteiger charge is 2.30. The van der Waals surface area contributed by atoms with Crippen LogP contribution in [0.4, 0.5) is 5.69 Å². The molecule has 2 N–H and O–H groups in total. The van der Waals surface area contributed by atoms with Gasteiger partial charge in [0.05, 0.1) is 11.7 Å². The second kappa shape index (κ2) is 6.83. The lowest BCUT2D eigenvalue weighted by Gasteiger charge is -2.30. The molecule has 0 unspecified atom stereocenters. The van der Waals surface area contributed by atoms with Gasteiger partial charge in [0.2, 0.25) is 0 Å². The maximum Gasteiger partial charge on any atom is 0.354 e. The van der Waals surface area contributed by atoms with Crippen LogP contribution < -0.4 is 10.5 Å². The molecule has 0 aromatic heterocycles. The molecule has 0 radical (unpaired) electrons. The lowest BCUT2D eigenvalue weighted by molar-refractivity contribution is -0.146. The van der Waals surface area contributed by atoms with Crippen molar-refractivity contribution in [2.45, 2.75) is 45.8 Å². The third-order valence-electron chi connectivity index (χ3n) is 3.31. The zero-order chi connectivity index (χ0) is 17.0. The fourth-order valence-corrected chi connectivity index (χ4v) is 2.24. The molecular weight excluding hydrogens is 292 g/mol. The van der Waals surface area contributed by atoms with Crippen molar-refractivity contribution in [3.8, 4) is 0 Å². The SMILES string of the molecule is CC[C@@H](C(=N)C(=O)OC(C)(C)C)N1C=CN(c2ccccc2)N1. The Hall–Kier alpha value is -2.34. The van der Waals surface area contributed by atoms with Crippen LogP contribution in [0.25, 0.3) is 0 Å². The van der Waals surface area contributed by atoms with Crippen LogP contribution in [0.3, 0.4) is 0 Å². The molecule has 1 heterocycles. The summed E-state index contributed by atoms with van der Waals surface area (Å²) in [7, 11) is 0. The Morgan fingerprint density at radius 1 is 1.26 bits per heavy atom. The van der Waals surface area contributed by atoms with Crippen LogP contribution in [-0.4, -0.2) is 28.3 Å². The van der Waals surface area contributed by atoms with E-state index in [0.29, 0.717) is 6.42 Å². The van der Waals surface area contributed by atoms with Gasteiger partial charge in [-0.25, -0.2) is 4.79 Å². The second-order valence-corrected chi connectivity index (χ2v) is 6.35. The van der Waals surface area contributed by atoms with E-state index in [1.165, 1.54) is 0 Å². The summed E-state index contributed by atoms with van der Waals surface area (Å²) in [6.07, 6.45) is 4.29. The maximum absolute atomic E-state index is 12.1. The number of ether oxygens (including phenoxy) is 1. The van der Waals surface area contributed by atoms with Crippen LogP contribution in [-0.2, 0) is 9.53 Å². The molecule has 6 nitrogen and oxygen atoms in total. The summed E-state index contributed by atoms with van der Waals surface area (Å²) in [6.45, 7) is 7.32. The third kappa shape index (κ3) is 4.32. The van der Waals surface area contributed by atoms with Crippen molar-refractivity contribution in [1.82, 2.24) is 10.5 Å². The predicted octanol–water partition coefficient (Wildman–Crippen LogP) is 2.84. The number of esters is 1. The highest BCUT2D eigenvalue weighted by Crippen LogP contribution is 2.18. The number of carbonyl (C=O) groups excluding carboxylic acids is 1. The van der Waals surface area contributed by atoms with Gasteiger partial charge < -0.3 is 4.74 Å². The Labute approximate surface area is 137 Å². The van der Waals surface area contributed by atoms with E-state index < -0.39 is 17.6 Å². The Bertz CT molecular complexity index is 592. The summed E-state index contributed by atoms with van der Waals surface area (Å²) in [5.41, 5.74) is 3.47. The minimum atomic E-state index is -0.605. The van der Waals surface area contributed by atoms with Crippen molar-refractivity contribution in [2.75, 3.05) is 5.01 Å². The van der Waals surface area contributed by atoms with E-state index >= 15 is 0 Å². The van der Waals surface area contributed by atoms with Gasteiger partial charge in [-0.15, -0.1) is 5.53 Å². The number of carbonyl (C=O) groups is 1. The summed E-state index contributed by atoms with van der Waals surface area (Å²) in [6, 6.07) is 9.41. The molecule has 0 aliphatic carbocycles. The summed E-state index contributed by atoms with van der Waals surface area (Å²) >= 11 is 0. The van der Waals surface area contributed by atoms with Crippen molar-refractivity contribution in [2.24, 2.45) is 0 Å². The van der Waals surface area contributed by atoms with E-state index in [2.05, 4.69) is 5.53 Å². The van der Waals surface area contributed by atoms with Gasteiger partial charge in [-0.2, -0.15) is 0 Å². The van der Waals surface area contributed by atoms with E-state index in [1.54, 1.807) is 25.8 Å². The van der Waals surface area contributed by atoms with E-state index in [-0.39, 0.29) is 5.71 Å². The summed E-state index contributed by atoms with van der Waals surface area (Å²) in [5, 5.41) is 11.7. The largest absolute Gasteiger partial charge is 0.455 e. The number of para-hydroxylation sites is 1. The lowest BCUT2D eigenvalue weighted by Crippen LogP contribution is -2.50. The molecule has 2 rings (SSSR count). The smallest absolute Gasteiger partial charge is 0.354 e. The molecule has 0 bridgehead atoms. The lowest BCUT2D eigenvalue weighted by atomic mass is 10.1. The molecular formula is C17H24N4O2. The summed E-state index contributed by atoms with van der Waals surface area (Å²) in [4.78, 5) is 12.1. The highest BCUT2D eigenvalue weighted by atomic mass is 16.6. The Kier molecular flexibility index (Phi) is 5.05. The average Bonchev–Trinajstić information content (AvgIpc) is 2.97. The van der Waals surface area contributed by atoms with Gasteiger partial charge in [-0.05, 0) is 39.3 Å². The van der Waals surface area contributed by atoms with Gasteiger partial charge in [-0.1, -0.05) is 25.1 Å². The zero-order valence-corrected chi connectivity index (χ0v) is 14.0. The first kappa shape index (κ1) is 17.0. The minimum absolute atomic E-state index is 0.0607. The fourth-order valence-electron chi connectivity index (χ4n) is 2.24. The van der Waals surface area contributed by atoms with Gasteiger partial charge in [0.15, 0.2) is 0 Å². The van der Waals surface area contributed by atoms with E-state index in [9.17, 15) is 4.79 Å². The zero-order valence-electron chi connectivity index (χ0n) is 14.0. The number of nitrogens with one attached hydrogen (secondary N) is 2. The van der Waals surface area contributed by atoms with Crippen molar-refractivity contribution >= 4 is 17.4 Å². The number of anilines is 1. The molecule has 6 heteroatoms. The number of rotatable bonds is 5. The molecule has 0 spiro atoms. The molecule has 1 aromatic rings. The number of hydrogen-bond acceptors (Lipinski definition) is 6. The molecule has 0 amide bonds. The Morgan fingerprint density at radius 3 is 2.48 bits per heavy atom. The molecule has 0 saturated carbocycles. The van der Waals surface area contributed by atoms with Crippen LogP contribution >= 0.6 is 0 Å². The number of hydrogen-bond donors (Lipinski definition) is 2. The molecule has 1 aliphatic heterocycles. The third-order valence-corrected chi connectivity index (χ3v) is 3.31. The molecule has 124 valence electrons. The number of hydrazine groups is 2. The van der Waals surface area contributed by atoms with Gasteiger partial charge >= 0.3 is 5.97 Å². The van der Waals surface area contributed by atoms with E-state index in [4.69, 9.17) is 10.1 Å². The molecule has 0 fully saturated rings. The first-order valence-electron chi connectivity index (χ1n) is 7.71. The quantitative estimate of drug-likeness (QED) is 0.646. The van der Waals surface area contributed by atoms with Crippen molar-refractivity contribution in [1.29, 1.82) is 5.41 Å². The maximum atomic E-state index is 12.1. The summed E-state index contributed by atoms with van der Waals surface area (Å²) < 4.78 is 5.30. The van der Waals surface area contributed by atoms with Crippen molar-refractivity contribution in [3.05, 3.63) is 42.7 Å². The average molecular weight is 316 g/mol. The topological polar surface area (TPSA) is 68.7 Å². The second-order valence-electron chi connectivity index (χ2n) is 6.35. The number of nitrogens with zero attached hydrogens (tertiary/aromatic N) is 2. The van der Waals surface area contributed by atoms with Crippen LogP contribution in [0.5, 0.6) is 0 Å². The monoisotopic (exact) mass is 316 g/mol. The van der Waals surface area contributed by atoms with E-state index in [1.807, 2.05) is 54.7 Å². The molecule has 1 aromatic carbocycles. The van der Waals surface area contributed by atoms with Gasteiger partial charge in [0.25, 0.3) is 0 Å². The van der Waals surface area contributed by atoms with Gasteiger partial charge in [0, 0.05) is 12.4 Å². The standard InChI is InChI=1S/C17H24N4O2/c1-5-14(15(18)16(22)23-17(2,3)4)21-12-11-20(19-21)13-9-7-6-8-10-13/h6-12,14,18-19H,5H2,1-4H3/t14-/m0/s1. The van der Waals surface area contributed by atoms with Gasteiger partial charge in [-0.3, -0.25) is 15.4 Å². The van der Waals surface area contributed by atoms with Crippen molar-refractivity contribution in [3.63, 3.8) is 0 Å².